The van der Waals surface area contributed by atoms with Gasteiger partial charge in [0.25, 0.3) is 0 Å². The summed E-state index contributed by atoms with van der Waals surface area (Å²) in [5.74, 6) is 0.750. The lowest BCUT2D eigenvalue weighted by Gasteiger charge is -2.40. The largest absolute Gasteiger partial charge is 0.493 e. The summed E-state index contributed by atoms with van der Waals surface area (Å²) in [6.07, 6.45) is 5.57. The molecule has 21 heavy (non-hydrogen) atoms. The van der Waals surface area contributed by atoms with E-state index in [0.29, 0.717) is 5.75 Å². The molecule has 4 nitrogen and oxygen atoms in total. The third kappa shape index (κ3) is 2.33. The SMILES string of the molecule is COc1cnn(C)c1C1(O)CCCCC1c1ccccc1. The summed E-state index contributed by atoms with van der Waals surface area (Å²) in [4.78, 5) is 0. The first-order valence-electron chi connectivity index (χ1n) is 7.50. The molecule has 1 heterocycles. The number of rotatable bonds is 3. The first-order valence-corrected chi connectivity index (χ1v) is 7.50. The Kier molecular flexibility index (Phi) is 3.72. The Morgan fingerprint density at radius 2 is 2.05 bits per heavy atom. The number of methoxy groups -OCH3 is 1. The van der Waals surface area contributed by atoms with Gasteiger partial charge in [0.05, 0.1) is 13.3 Å². The van der Waals surface area contributed by atoms with E-state index in [9.17, 15) is 5.11 Å². The van der Waals surface area contributed by atoms with Crippen molar-refractivity contribution in [3.05, 3.63) is 47.8 Å². The van der Waals surface area contributed by atoms with Crippen molar-refractivity contribution in [3.8, 4) is 5.75 Å². The van der Waals surface area contributed by atoms with Gasteiger partial charge in [-0.3, -0.25) is 4.68 Å². The summed E-state index contributed by atoms with van der Waals surface area (Å²) in [5, 5.41) is 15.8. The van der Waals surface area contributed by atoms with Crippen LogP contribution in [0.3, 0.4) is 0 Å². The van der Waals surface area contributed by atoms with E-state index in [1.165, 1.54) is 5.56 Å². The van der Waals surface area contributed by atoms with Gasteiger partial charge in [0.15, 0.2) is 5.75 Å². The Hall–Kier alpha value is -1.81. The highest BCUT2D eigenvalue weighted by molar-refractivity contribution is 5.36. The van der Waals surface area contributed by atoms with Crippen molar-refractivity contribution < 1.29 is 9.84 Å². The van der Waals surface area contributed by atoms with Gasteiger partial charge in [-0.15, -0.1) is 0 Å². The van der Waals surface area contributed by atoms with Crippen LogP contribution >= 0.6 is 0 Å². The molecule has 0 radical (unpaired) electrons. The number of nitrogens with zero attached hydrogens (tertiary/aromatic N) is 2. The maximum absolute atomic E-state index is 11.5. The van der Waals surface area contributed by atoms with Crippen molar-refractivity contribution in [2.45, 2.75) is 37.2 Å². The molecule has 3 rings (SSSR count). The lowest BCUT2D eigenvalue weighted by atomic mass is 9.70. The van der Waals surface area contributed by atoms with Gasteiger partial charge in [0, 0.05) is 13.0 Å². The quantitative estimate of drug-likeness (QED) is 0.943. The fourth-order valence-corrected chi connectivity index (χ4v) is 3.63. The molecule has 1 aromatic carbocycles. The molecule has 0 saturated heterocycles. The van der Waals surface area contributed by atoms with Crippen molar-refractivity contribution >= 4 is 0 Å². The van der Waals surface area contributed by atoms with E-state index >= 15 is 0 Å². The first kappa shape index (κ1) is 14.1. The third-order valence-electron chi connectivity index (χ3n) is 4.61. The first-order chi connectivity index (χ1) is 10.2. The molecular weight excluding hydrogens is 264 g/mol. The molecule has 112 valence electrons. The summed E-state index contributed by atoms with van der Waals surface area (Å²) >= 11 is 0. The second-order valence-electron chi connectivity index (χ2n) is 5.82. The predicted octanol–water partition coefficient (Wildman–Crippen LogP) is 2.97. The Morgan fingerprint density at radius 1 is 1.29 bits per heavy atom. The van der Waals surface area contributed by atoms with E-state index < -0.39 is 5.60 Å². The molecule has 2 aromatic rings. The molecule has 4 heteroatoms. The van der Waals surface area contributed by atoms with Gasteiger partial charge in [0.2, 0.25) is 0 Å². The molecule has 0 bridgehead atoms. The number of hydrogen-bond acceptors (Lipinski definition) is 3. The van der Waals surface area contributed by atoms with Crippen LogP contribution in [0.1, 0.15) is 42.9 Å². The molecule has 2 unspecified atom stereocenters. The van der Waals surface area contributed by atoms with Crippen LogP contribution < -0.4 is 4.74 Å². The van der Waals surface area contributed by atoms with E-state index in [1.54, 1.807) is 18.0 Å². The van der Waals surface area contributed by atoms with Crippen LogP contribution in [0.5, 0.6) is 5.75 Å². The van der Waals surface area contributed by atoms with Crippen molar-refractivity contribution in [3.63, 3.8) is 0 Å². The van der Waals surface area contributed by atoms with E-state index in [0.717, 1.165) is 31.4 Å². The molecule has 1 aromatic heterocycles. The van der Waals surface area contributed by atoms with E-state index in [-0.39, 0.29) is 5.92 Å². The van der Waals surface area contributed by atoms with E-state index in [1.807, 2.05) is 25.2 Å². The van der Waals surface area contributed by atoms with Crippen LogP contribution in [-0.4, -0.2) is 22.0 Å². The number of aromatic nitrogens is 2. The standard InChI is InChI=1S/C17H22N2O2/c1-19-16(15(21-2)12-18-19)17(20)11-7-6-10-14(17)13-8-4-3-5-9-13/h3-5,8-9,12,14,20H,6-7,10-11H2,1-2H3. The fraction of sp³-hybridized carbons (Fsp3) is 0.471. The fourth-order valence-electron chi connectivity index (χ4n) is 3.63. The number of aryl methyl sites for hydroxylation is 1. The van der Waals surface area contributed by atoms with Crippen molar-refractivity contribution in [1.29, 1.82) is 0 Å². The van der Waals surface area contributed by atoms with Gasteiger partial charge in [0.1, 0.15) is 11.3 Å². The Balaban J connectivity index is 2.09. The number of ether oxygens (including phenoxy) is 1. The van der Waals surface area contributed by atoms with Crippen LogP contribution in [0.4, 0.5) is 0 Å². The maximum atomic E-state index is 11.5. The summed E-state index contributed by atoms with van der Waals surface area (Å²) in [5.41, 5.74) is 1.05. The highest BCUT2D eigenvalue weighted by Gasteiger charge is 2.45. The zero-order chi connectivity index (χ0) is 14.9. The lowest BCUT2D eigenvalue weighted by molar-refractivity contribution is -0.0310. The van der Waals surface area contributed by atoms with E-state index in [4.69, 9.17) is 4.74 Å². The Morgan fingerprint density at radius 3 is 2.76 bits per heavy atom. The summed E-state index contributed by atoms with van der Waals surface area (Å²) < 4.78 is 7.18. The van der Waals surface area contributed by atoms with Gasteiger partial charge in [-0.05, 0) is 18.4 Å². The average molecular weight is 286 g/mol. The summed E-state index contributed by atoms with van der Waals surface area (Å²) in [6.45, 7) is 0. The molecular formula is C17H22N2O2. The Labute approximate surface area is 125 Å². The van der Waals surface area contributed by atoms with Gasteiger partial charge in [-0.1, -0.05) is 43.2 Å². The smallest absolute Gasteiger partial charge is 0.162 e. The van der Waals surface area contributed by atoms with Crippen molar-refractivity contribution in [2.75, 3.05) is 7.11 Å². The molecule has 1 N–H and O–H groups in total. The van der Waals surface area contributed by atoms with Crippen LogP contribution in [0.15, 0.2) is 36.5 Å². The highest BCUT2D eigenvalue weighted by Crippen LogP contribution is 2.49. The minimum absolute atomic E-state index is 0.0803. The minimum Gasteiger partial charge on any atom is -0.493 e. The molecule has 1 aliphatic rings. The van der Waals surface area contributed by atoms with Crippen LogP contribution in [-0.2, 0) is 12.6 Å². The molecule has 1 aliphatic carbocycles. The van der Waals surface area contributed by atoms with Gasteiger partial charge in [-0.2, -0.15) is 5.10 Å². The second kappa shape index (κ2) is 5.53. The zero-order valence-electron chi connectivity index (χ0n) is 12.6. The van der Waals surface area contributed by atoms with E-state index in [2.05, 4.69) is 17.2 Å². The summed E-state index contributed by atoms with van der Waals surface area (Å²) in [7, 11) is 3.50. The van der Waals surface area contributed by atoms with Gasteiger partial charge in [-0.25, -0.2) is 0 Å². The molecule has 1 fully saturated rings. The van der Waals surface area contributed by atoms with Gasteiger partial charge < -0.3 is 9.84 Å². The number of aliphatic hydroxyl groups is 1. The monoisotopic (exact) mass is 286 g/mol. The van der Waals surface area contributed by atoms with Crippen molar-refractivity contribution in [2.24, 2.45) is 7.05 Å². The van der Waals surface area contributed by atoms with Crippen LogP contribution in [0.2, 0.25) is 0 Å². The second-order valence-corrected chi connectivity index (χ2v) is 5.82. The predicted molar refractivity (Wildman–Crippen MR) is 81.3 cm³/mol. The van der Waals surface area contributed by atoms with Crippen molar-refractivity contribution in [1.82, 2.24) is 9.78 Å². The molecule has 0 amide bonds. The normalized spacial score (nSPS) is 25.8. The topological polar surface area (TPSA) is 47.3 Å². The van der Waals surface area contributed by atoms with Crippen LogP contribution in [0, 0.1) is 0 Å². The maximum Gasteiger partial charge on any atom is 0.162 e. The zero-order valence-corrected chi connectivity index (χ0v) is 12.6. The molecule has 0 aliphatic heterocycles. The Bertz CT molecular complexity index is 609. The molecule has 1 saturated carbocycles. The molecule has 2 atom stereocenters. The third-order valence-corrected chi connectivity index (χ3v) is 4.61. The van der Waals surface area contributed by atoms with Crippen LogP contribution in [0.25, 0.3) is 0 Å². The number of hydrogen-bond donors (Lipinski definition) is 1. The highest BCUT2D eigenvalue weighted by atomic mass is 16.5. The minimum atomic E-state index is -0.920. The van der Waals surface area contributed by atoms with Gasteiger partial charge >= 0.3 is 0 Å². The average Bonchev–Trinajstić information content (AvgIpc) is 2.90. The lowest BCUT2D eigenvalue weighted by Crippen LogP contribution is -2.38. The number of benzene rings is 1. The molecule has 0 spiro atoms. The summed E-state index contributed by atoms with van der Waals surface area (Å²) in [6, 6.07) is 10.3.